The molecule has 3 rings (SSSR count). The van der Waals surface area contributed by atoms with Crippen LogP contribution in [0.1, 0.15) is 12.5 Å². The summed E-state index contributed by atoms with van der Waals surface area (Å²) in [4.78, 5) is 11.5. The van der Waals surface area contributed by atoms with Crippen LogP contribution >= 0.6 is 11.8 Å². The molecule has 0 fully saturated rings. The number of rotatable bonds is 6. The number of carbonyl (C=O) groups excluding carboxylic acids is 1. The second-order valence-corrected chi connectivity index (χ2v) is 7.18. The van der Waals surface area contributed by atoms with E-state index in [9.17, 15) is 4.79 Å². The second kappa shape index (κ2) is 7.61. The minimum atomic E-state index is -0.415. The number of thioether (sulfide) groups is 1. The molecule has 3 aromatic rings. The van der Waals surface area contributed by atoms with Crippen molar-refractivity contribution in [2.75, 3.05) is 7.11 Å². The fourth-order valence-corrected chi connectivity index (χ4v) is 3.26. The summed E-state index contributed by atoms with van der Waals surface area (Å²) in [6, 6.07) is 15.7. The molecule has 1 heterocycles. The summed E-state index contributed by atoms with van der Waals surface area (Å²) in [5.74, 6) is 1.02. The van der Waals surface area contributed by atoms with Crippen LogP contribution in [0.4, 0.5) is 0 Å². The van der Waals surface area contributed by atoms with Crippen molar-refractivity contribution in [1.29, 1.82) is 0 Å². The maximum atomic E-state index is 11.5. The van der Waals surface area contributed by atoms with Crippen LogP contribution in [0.25, 0.3) is 17.1 Å². The number of ether oxygens (including phenoxy) is 1. The van der Waals surface area contributed by atoms with E-state index in [-0.39, 0.29) is 0 Å². The topological polar surface area (TPSA) is 83.0 Å². The lowest BCUT2D eigenvalue weighted by molar-refractivity contribution is -0.117. The molecule has 7 heteroatoms. The normalized spacial score (nSPS) is 12.0. The molecule has 0 saturated heterocycles. The Hall–Kier alpha value is -2.80. The van der Waals surface area contributed by atoms with E-state index < -0.39 is 11.2 Å². The average molecular weight is 368 g/mol. The Bertz CT molecular complexity index is 922. The van der Waals surface area contributed by atoms with Crippen molar-refractivity contribution in [3.8, 4) is 22.8 Å². The zero-order chi connectivity index (χ0) is 18.7. The van der Waals surface area contributed by atoms with Crippen LogP contribution in [0, 0.1) is 6.92 Å². The summed E-state index contributed by atoms with van der Waals surface area (Å²) < 4.78 is 7.25. The zero-order valence-electron chi connectivity index (χ0n) is 14.8. The number of benzene rings is 2. The first kappa shape index (κ1) is 18.0. The number of aryl methyl sites for hydroxylation is 1. The van der Waals surface area contributed by atoms with Crippen LogP contribution < -0.4 is 10.5 Å². The molecule has 0 bridgehead atoms. The van der Waals surface area contributed by atoms with Crippen LogP contribution in [-0.2, 0) is 4.79 Å². The van der Waals surface area contributed by atoms with Crippen molar-refractivity contribution >= 4 is 17.7 Å². The zero-order valence-corrected chi connectivity index (χ0v) is 15.7. The maximum Gasteiger partial charge on any atom is 0.230 e. The lowest BCUT2D eigenvalue weighted by Crippen LogP contribution is -2.23. The van der Waals surface area contributed by atoms with Crippen LogP contribution in [0.5, 0.6) is 5.75 Å². The van der Waals surface area contributed by atoms with E-state index in [2.05, 4.69) is 10.2 Å². The Morgan fingerprint density at radius 2 is 1.92 bits per heavy atom. The molecule has 1 amide bonds. The fraction of sp³-hybridized carbons (Fsp3) is 0.211. The number of aromatic nitrogens is 3. The monoisotopic (exact) mass is 368 g/mol. The number of amides is 1. The molecular weight excluding hydrogens is 348 g/mol. The predicted octanol–water partition coefficient (Wildman–Crippen LogP) is 3.22. The fourth-order valence-electron chi connectivity index (χ4n) is 2.44. The molecule has 0 aliphatic heterocycles. The standard InChI is InChI=1S/C19H20N4O2S/c1-12-7-9-15(10-8-12)23-18(14-5-4-6-16(11-14)25-3)21-22-19(23)26-13(2)17(20)24/h4-11,13H,1-3H3,(H2,20,24)/t13-/m0/s1. The molecule has 0 aliphatic rings. The molecule has 0 saturated carbocycles. The molecule has 2 aromatic carbocycles. The number of carbonyl (C=O) groups is 1. The number of primary amides is 1. The summed E-state index contributed by atoms with van der Waals surface area (Å²) in [6.07, 6.45) is 0. The smallest absolute Gasteiger partial charge is 0.230 e. The summed E-state index contributed by atoms with van der Waals surface area (Å²) in [5.41, 5.74) is 8.36. The van der Waals surface area contributed by atoms with Crippen molar-refractivity contribution in [2.45, 2.75) is 24.3 Å². The van der Waals surface area contributed by atoms with Gasteiger partial charge in [0, 0.05) is 11.3 Å². The van der Waals surface area contributed by atoms with E-state index in [1.165, 1.54) is 11.8 Å². The first-order chi connectivity index (χ1) is 12.5. The van der Waals surface area contributed by atoms with Crippen molar-refractivity contribution in [3.63, 3.8) is 0 Å². The van der Waals surface area contributed by atoms with Gasteiger partial charge in [0.05, 0.1) is 12.4 Å². The molecule has 1 aromatic heterocycles. The molecule has 0 radical (unpaired) electrons. The van der Waals surface area contributed by atoms with Gasteiger partial charge in [0.25, 0.3) is 0 Å². The minimum Gasteiger partial charge on any atom is -0.497 e. The van der Waals surface area contributed by atoms with Crippen molar-refractivity contribution < 1.29 is 9.53 Å². The molecule has 1 atom stereocenters. The summed E-state index contributed by atoms with van der Waals surface area (Å²) in [6.45, 7) is 3.79. The Kier molecular flexibility index (Phi) is 5.27. The van der Waals surface area contributed by atoms with Gasteiger partial charge in [-0.05, 0) is 38.1 Å². The molecule has 6 nitrogen and oxygen atoms in total. The third-order valence-corrected chi connectivity index (χ3v) is 5.00. The van der Waals surface area contributed by atoms with Crippen LogP contribution in [-0.4, -0.2) is 33.0 Å². The van der Waals surface area contributed by atoms with Gasteiger partial charge in [0.15, 0.2) is 11.0 Å². The molecule has 134 valence electrons. The number of hydrogen-bond acceptors (Lipinski definition) is 5. The highest BCUT2D eigenvalue weighted by Gasteiger charge is 2.20. The molecule has 0 unspecified atom stereocenters. The average Bonchev–Trinajstić information content (AvgIpc) is 3.06. The first-order valence-electron chi connectivity index (χ1n) is 8.12. The number of nitrogens with zero attached hydrogens (tertiary/aromatic N) is 3. The van der Waals surface area contributed by atoms with Gasteiger partial charge in [-0.2, -0.15) is 0 Å². The number of nitrogens with two attached hydrogens (primary N) is 1. The SMILES string of the molecule is COc1cccc(-c2nnc(S[C@@H](C)C(N)=O)n2-c2ccc(C)cc2)c1. The third-order valence-electron chi connectivity index (χ3n) is 3.94. The van der Waals surface area contributed by atoms with Gasteiger partial charge in [-0.1, -0.05) is 41.6 Å². The van der Waals surface area contributed by atoms with E-state index >= 15 is 0 Å². The third kappa shape index (κ3) is 3.72. The quantitative estimate of drug-likeness (QED) is 0.676. The van der Waals surface area contributed by atoms with Crippen LogP contribution in [0.2, 0.25) is 0 Å². The van der Waals surface area contributed by atoms with Gasteiger partial charge in [0.2, 0.25) is 5.91 Å². The van der Waals surface area contributed by atoms with Gasteiger partial charge >= 0.3 is 0 Å². The molecular formula is C19H20N4O2S. The summed E-state index contributed by atoms with van der Waals surface area (Å²) >= 11 is 1.29. The Balaban J connectivity index is 2.13. The van der Waals surface area contributed by atoms with Gasteiger partial charge in [0.1, 0.15) is 5.75 Å². The Morgan fingerprint density at radius 1 is 1.19 bits per heavy atom. The van der Waals surface area contributed by atoms with Gasteiger partial charge in [-0.15, -0.1) is 10.2 Å². The largest absolute Gasteiger partial charge is 0.497 e. The second-order valence-electron chi connectivity index (χ2n) is 5.87. The van der Waals surface area contributed by atoms with E-state index in [1.807, 2.05) is 60.0 Å². The Labute approximate surface area is 156 Å². The molecule has 0 aliphatic carbocycles. The van der Waals surface area contributed by atoms with E-state index in [1.54, 1.807) is 14.0 Å². The summed E-state index contributed by atoms with van der Waals surface area (Å²) in [7, 11) is 1.62. The first-order valence-corrected chi connectivity index (χ1v) is 9.00. The minimum absolute atomic E-state index is 0.392. The number of methoxy groups -OCH3 is 1. The van der Waals surface area contributed by atoms with Crippen molar-refractivity contribution in [1.82, 2.24) is 14.8 Å². The predicted molar refractivity (Wildman–Crippen MR) is 103 cm³/mol. The highest BCUT2D eigenvalue weighted by molar-refractivity contribution is 8.00. The van der Waals surface area contributed by atoms with E-state index in [4.69, 9.17) is 10.5 Å². The number of hydrogen-bond donors (Lipinski definition) is 1. The Morgan fingerprint density at radius 3 is 2.58 bits per heavy atom. The van der Waals surface area contributed by atoms with Gasteiger partial charge < -0.3 is 10.5 Å². The lowest BCUT2D eigenvalue weighted by atomic mass is 10.2. The molecule has 26 heavy (non-hydrogen) atoms. The van der Waals surface area contributed by atoms with Gasteiger partial charge in [-0.3, -0.25) is 9.36 Å². The van der Waals surface area contributed by atoms with Crippen molar-refractivity contribution in [2.24, 2.45) is 5.73 Å². The van der Waals surface area contributed by atoms with Crippen molar-refractivity contribution in [3.05, 3.63) is 54.1 Å². The molecule has 2 N–H and O–H groups in total. The van der Waals surface area contributed by atoms with E-state index in [0.29, 0.717) is 11.0 Å². The highest BCUT2D eigenvalue weighted by Crippen LogP contribution is 2.31. The molecule has 0 spiro atoms. The van der Waals surface area contributed by atoms with Gasteiger partial charge in [-0.25, -0.2) is 0 Å². The van der Waals surface area contributed by atoms with Crippen LogP contribution in [0.3, 0.4) is 0 Å². The maximum absolute atomic E-state index is 11.5. The lowest BCUT2D eigenvalue weighted by Gasteiger charge is -2.12. The van der Waals surface area contributed by atoms with E-state index in [0.717, 1.165) is 22.6 Å². The van der Waals surface area contributed by atoms with Crippen LogP contribution in [0.15, 0.2) is 53.7 Å². The highest BCUT2D eigenvalue weighted by atomic mass is 32.2. The summed E-state index contributed by atoms with van der Waals surface area (Å²) in [5, 5.41) is 8.85.